The first-order valence-electron chi connectivity index (χ1n) is 10.00. The van der Waals surface area contributed by atoms with Crippen LogP contribution in [0, 0.1) is 5.92 Å². The van der Waals surface area contributed by atoms with Gasteiger partial charge in [-0.25, -0.2) is 0 Å². The van der Waals surface area contributed by atoms with Crippen molar-refractivity contribution in [3.05, 3.63) is 48.0 Å². The lowest BCUT2D eigenvalue weighted by Gasteiger charge is -2.49. The molecule has 2 heterocycles. The number of alkyl halides is 3. The quantitative estimate of drug-likeness (QED) is 0.785. The summed E-state index contributed by atoms with van der Waals surface area (Å²) in [6, 6.07) is 11.4. The van der Waals surface area contributed by atoms with Gasteiger partial charge >= 0.3 is 12.1 Å². The number of aliphatic carboxylic acids is 1. The molecule has 1 spiro atoms. The van der Waals surface area contributed by atoms with Crippen LogP contribution in [0.5, 0.6) is 5.75 Å². The number of ether oxygens (including phenoxy) is 1. The summed E-state index contributed by atoms with van der Waals surface area (Å²) in [7, 11) is 0. The van der Waals surface area contributed by atoms with Crippen molar-refractivity contribution < 1.29 is 27.8 Å². The average Bonchev–Trinajstić information content (AvgIpc) is 2.63. The van der Waals surface area contributed by atoms with E-state index in [4.69, 9.17) is 9.84 Å². The van der Waals surface area contributed by atoms with Crippen molar-refractivity contribution in [2.45, 2.75) is 31.0 Å². The summed E-state index contributed by atoms with van der Waals surface area (Å²) >= 11 is 0. The van der Waals surface area contributed by atoms with Crippen LogP contribution in [-0.2, 0) is 11.0 Å². The van der Waals surface area contributed by atoms with Crippen LogP contribution in [0.15, 0.2) is 42.5 Å². The number of anilines is 3. The molecule has 0 atom stereocenters. The van der Waals surface area contributed by atoms with Crippen LogP contribution in [-0.4, -0.2) is 36.3 Å². The van der Waals surface area contributed by atoms with E-state index in [1.165, 1.54) is 6.07 Å². The maximum absolute atomic E-state index is 13.2. The molecule has 8 heteroatoms. The third kappa shape index (κ3) is 3.14. The van der Waals surface area contributed by atoms with Gasteiger partial charge in [0, 0.05) is 24.5 Å². The minimum Gasteiger partial charge on any atom is -0.483 e. The van der Waals surface area contributed by atoms with Crippen molar-refractivity contribution in [1.82, 2.24) is 0 Å². The van der Waals surface area contributed by atoms with Crippen LogP contribution in [0.4, 0.5) is 30.2 Å². The first-order chi connectivity index (χ1) is 14.2. The molecule has 0 amide bonds. The SMILES string of the molecule is O=C(O)C1CN(c2cccc(N3CC4(CCC4)Oc4cc(C(F)(F)F)ccc43)c2)C1. The molecule has 158 valence electrons. The van der Waals surface area contributed by atoms with Gasteiger partial charge in [0.15, 0.2) is 0 Å². The highest BCUT2D eigenvalue weighted by atomic mass is 19.4. The molecule has 0 radical (unpaired) electrons. The molecule has 2 aromatic rings. The van der Waals surface area contributed by atoms with Crippen LogP contribution < -0.4 is 14.5 Å². The van der Waals surface area contributed by atoms with Crippen LogP contribution >= 0.6 is 0 Å². The Morgan fingerprint density at radius 2 is 1.83 bits per heavy atom. The zero-order valence-corrected chi connectivity index (χ0v) is 16.2. The van der Waals surface area contributed by atoms with Gasteiger partial charge < -0.3 is 19.6 Å². The Kier molecular flexibility index (Phi) is 4.17. The predicted molar refractivity (Wildman–Crippen MR) is 105 cm³/mol. The van der Waals surface area contributed by atoms with Crippen molar-refractivity contribution in [3.8, 4) is 5.75 Å². The smallest absolute Gasteiger partial charge is 0.416 e. The van der Waals surface area contributed by atoms with Gasteiger partial charge in [0.2, 0.25) is 0 Å². The molecule has 30 heavy (non-hydrogen) atoms. The molecule has 2 fully saturated rings. The highest BCUT2D eigenvalue weighted by Gasteiger charge is 2.46. The number of benzene rings is 2. The normalized spacial score (nSPS) is 20.2. The van der Waals surface area contributed by atoms with Gasteiger partial charge in [-0.05, 0) is 55.7 Å². The molecular weight excluding hydrogens is 397 g/mol. The highest BCUT2D eigenvalue weighted by molar-refractivity contribution is 5.77. The van der Waals surface area contributed by atoms with E-state index in [1.807, 2.05) is 34.1 Å². The van der Waals surface area contributed by atoms with Crippen molar-refractivity contribution in [3.63, 3.8) is 0 Å². The zero-order chi connectivity index (χ0) is 21.1. The Labute approximate surface area is 171 Å². The van der Waals surface area contributed by atoms with Crippen molar-refractivity contribution >= 4 is 23.0 Å². The van der Waals surface area contributed by atoms with E-state index in [9.17, 15) is 18.0 Å². The Balaban J connectivity index is 1.49. The Bertz CT molecular complexity index is 997. The van der Waals surface area contributed by atoms with Crippen LogP contribution in [0.25, 0.3) is 0 Å². The third-order valence-corrected chi connectivity index (χ3v) is 6.35. The Morgan fingerprint density at radius 1 is 1.10 bits per heavy atom. The summed E-state index contributed by atoms with van der Waals surface area (Å²) in [5.41, 5.74) is 1.21. The third-order valence-electron chi connectivity index (χ3n) is 6.35. The fourth-order valence-corrected chi connectivity index (χ4v) is 4.40. The molecule has 3 aliphatic rings. The Hall–Kier alpha value is -2.90. The first kappa shape index (κ1) is 19.1. The second kappa shape index (κ2) is 6.55. The first-order valence-corrected chi connectivity index (χ1v) is 10.00. The molecule has 1 saturated carbocycles. The highest BCUT2D eigenvalue weighted by Crippen LogP contribution is 2.49. The molecule has 2 aliphatic heterocycles. The number of carbonyl (C=O) groups is 1. The second-order valence-corrected chi connectivity index (χ2v) is 8.37. The number of hydrogen-bond donors (Lipinski definition) is 1. The van der Waals surface area contributed by atoms with Gasteiger partial charge in [0.1, 0.15) is 11.4 Å². The van der Waals surface area contributed by atoms with Gasteiger partial charge in [0.25, 0.3) is 0 Å². The number of hydrogen-bond acceptors (Lipinski definition) is 4. The minimum atomic E-state index is -4.43. The lowest BCUT2D eigenvalue weighted by atomic mass is 9.78. The maximum Gasteiger partial charge on any atom is 0.416 e. The number of carboxylic acids is 1. The fraction of sp³-hybridized carbons (Fsp3) is 0.409. The summed E-state index contributed by atoms with van der Waals surface area (Å²) in [6.07, 6.45) is -1.81. The molecule has 1 N–H and O–H groups in total. The second-order valence-electron chi connectivity index (χ2n) is 8.37. The predicted octanol–water partition coefficient (Wildman–Crippen LogP) is 4.68. The number of fused-ring (bicyclic) bond motifs is 1. The van der Waals surface area contributed by atoms with E-state index in [0.29, 0.717) is 25.3 Å². The lowest BCUT2D eigenvalue weighted by molar-refractivity contribution is -0.142. The summed E-state index contributed by atoms with van der Waals surface area (Å²) in [5.74, 6) is -0.898. The number of carboxylic acid groups (broad SMARTS) is 1. The maximum atomic E-state index is 13.2. The molecule has 0 bridgehead atoms. The number of rotatable bonds is 3. The summed E-state index contributed by atoms with van der Waals surface area (Å²) in [4.78, 5) is 15.1. The van der Waals surface area contributed by atoms with Gasteiger partial charge in [-0.1, -0.05) is 6.07 Å². The van der Waals surface area contributed by atoms with Gasteiger partial charge in [-0.15, -0.1) is 0 Å². The molecule has 1 saturated heterocycles. The van der Waals surface area contributed by atoms with E-state index in [1.54, 1.807) is 0 Å². The molecule has 5 rings (SSSR count). The van der Waals surface area contributed by atoms with E-state index in [0.717, 1.165) is 42.8 Å². The lowest BCUT2D eigenvalue weighted by Crippen LogP contribution is -2.54. The zero-order valence-electron chi connectivity index (χ0n) is 16.2. The van der Waals surface area contributed by atoms with Crippen molar-refractivity contribution in [1.29, 1.82) is 0 Å². The van der Waals surface area contributed by atoms with Crippen molar-refractivity contribution in [2.24, 2.45) is 5.92 Å². The van der Waals surface area contributed by atoms with E-state index in [-0.39, 0.29) is 11.7 Å². The summed E-state index contributed by atoms with van der Waals surface area (Å²) in [6.45, 7) is 1.49. The molecule has 1 aliphatic carbocycles. The van der Waals surface area contributed by atoms with Gasteiger partial charge in [0.05, 0.1) is 23.7 Å². The molecular formula is C22H21F3N2O3. The molecule has 0 unspecified atom stereocenters. The van der Waals surface area contributed by atoms with Crippen LogP contribution in [0.1, 0.15) is 24.8 Å². The fourth-order valence-electron chi connectivity index (χ4n) is 4.40. The van der Waals surface area contributed by atoms with Crippen LogP contribution in [0.3, 0.4) is 0 Å². The van der Waals surface area contributed by atoms with Crippen molar-refractivity contribution in [2.75, 3.05) is 29.4 Å². The average molecular weight is 418 g/mol. The summed E-state index contributed by atoms with van der Waals surface area (Å²) < 4.78 is 45.8. The van der Waals surface area contributed by atoms with Crippen LogP contribution in [0.2, 0.25) is 0 Å². The Morgan fingerprint density at radius 3 is 2.47 bits per heavy atom. The number of halogens is 3. The topological polar surface area (TPSA) is 53.0 Å². The van der Waals surface area contributed by atoms with Gasteiger partial charge in [-0.2, -0.15) is 13.2 Å². The van der Waals surface area contributed by atoms with E-state index >= 15 is 0 Å². The monoisotopic (exact) mass is 418 g/mol. The number of nitrogens with zero attached hydrogens (tertiary/aromatic N) is 2. The van der Waals surface area contributed by atoms with E-state index < -0.39 is 23.3 Å². The van der Waals surface area contributed by atoms with E-state index in [2.05, 4.69) is 0 Å². The largest absolute Gasteiger partial charge is 0.483 e. The summed E-state index contributed by atoms with van der Waals surface area (Å²) in [5, 5.41) is 9.11. The molecule has 2 aromatic carbocycles. The minimum absolute atomic E-state index is 0.260. The standard InChI is InChI=1S/C22H21F3N2O3/c23-22(24,25)15-5-6-18-19(9-15)30-21(7-2-8-21)13-27(18)17-4-1-3-16(10-17)26-11-14(12-26)20(28)29/h1,3-6,9-10,14H,2,7-8,11-13H2,(H,28,29). The molecule has 0 aromatic heterocycles. The molecule has 5 nitrogen and oxygen atoms in total. The van der Waals surface area contributed by atoms with Gasteiger partial charge in [-0.3, -0.25) is 4.79 Å².